The molecule has 7 nitrogen and oxygen atoms in total. The maximum atomic E-state index is 12.0. The lowest BCUT2D eigenvalue weighted by atomic mass is 9.92. The molecule has 4 rings (SSSR count). The number of ether oxygens (including phenoxy) is 3. The molecule has 0 spiro atoms. The van der Waals surface area contributed by atoms with Crippen LogP contribution in [-0.4, -0.2) is 35.1 Å². The molecule has 1 heterocycles. The van der Waals surface area contributed by atoms with Crippen LogP contribution in [0.25, 0.3) is 11.1 Å². The first kappa shape index (κ1) is 30.2. The van der Waals surface area contributed by atoms with Crippen molar-refractivity contribution < 1.29 is 23.2 Å². The SMILES string of the molecule is COCc1cccc(-c2cccc(COc3cc(OCc4cncc(N=S(C)(C)=O)c4)c(C=O)cc3Cl)c2C)c1C. The molecule has 0 aliphatic rings. The molecule has 3 aromatic carbocycles. The van der Waals surface area contributed by atoms with Gasteiger partial charge in [-0.25, -0.2) is 4.21 Å². The second-order valence-electron chi connectivity index (χ2n) is 9.95. The van der Waals surface area contributed by atoms with Crippen LogP contribution in [0.3, 0.4) is 0 Å². The third-order valence-corrected chi connectivity index (χ3v) is 7.50. The summed E-state index contributed by atoms with van der Waals surface area (Å²) >= 11 is 6.48. The summed E-state index contributed by atoms with van der Waals surface area (Å²) in [5, 5.41) is 0.305. The van der Waals surface area contributed by atoms with Crippen LogP contribution in [0.2, 0.25) is 5.02 Å². The Labute approximate surface area is 246 Å². The van der Waals surface area contributed by atoms with Crippen LogP contribution < -0.4 is 9.47 Å². The number of rotatable bonds is 11. The van der Waals surface area contributed by atoms with Crippen LogP contribution >= 0.6 is 11.6 Å². The molecule has 0 fully saturated rings. The summed E-state index contributed by atoms with van der Waals surface area (Å²) in [6, 6.07) is 17.3. The van der Waals surface area contributed by atoms with Gasteiger partial charge in [0.15, 0.2) is 6.29 Å². The first-order valence-electron chi connectivity index (χ1n) is 12.9. The highest BCUT2D eigenvalue weighted by molar-refractivity contribution is 7.92. The number of benzene rings is 3. The first-order valence-corrected chi connectivity index (χ1v) is 15.6. The number of pyridine rings is 1. The Bertz CT molecular complexity index is 1690. The zero-order chi connectivity index (χ0) is 29.6. The quantitative estimate of drug-likeness (QED) is 0.168. The van der Waals surface area contributed by atoms with Crippen molar-refractivity contribution in [3.05, 3.63) is 105 Å². The van der Waals surface area contributed by atoms with E-state index >= 15 is 0 Å². The van der Waals surface area contributed by atoms with E-state index in [1.54, 1.807) is 38.0 Å². The van der Waals surface area contributed by atoms with Gasteiger partial charge >= 0.3 is 0 Å². The third-order valence-electron chi connectivity index (χ3n) is 6.56. The molecule has 0 amide bonds. The van der Waals surface area contributed by atoms with E-state index in [1.165, 1.54) is 17.8 Å². The van der Waals surface area contributed by atoms with Crippen molar-refractivity contribution in [3.63, 3.8) is 0 Å². The fourth-order valence-electron chi connectivity index (χ4n) is 4.47. The normalized spacial score (nSPS) is 11.3. The Hall–Kier alpha value is -3.72. The molecule has 0 saturated carbocycles. The monoisotopic (exact) mass is 592 g/mol. The summed E-state index contributed by atoms with van der Waals surface area (Å²) < 4.78 is 33.7. The molecule has 9 heteroatoms. The fourth-order valence-corrected chi connectivity index (χ4v) is 5.30. The molecular formula is C32H33ClN2O5S. The summed E-state index contributed by atoms with van der Waals surface area (Å²) in [6.07, 6.45) is 6.96. The van der Waals surface area contributed by atoms with Gasteiger partial charge in [-0.15, -0.1) is 0 Å². The summed E-state index contributed by atoms with van der Waals surface area (Å²) in [6.45, 7) is 5.13. The van der Waals surface area contributed by atoms with Crippen LogP contribution in [0, 0.1) is 13.8 Å². The van der Waals surface area contributed by atoms with E-state index in [0.29, 0.717) is 46.2 Å². The van der Waals surface area contributed by atoms with Gasteiger partial charge in [0.25, 0.3) is 0 Å². The van der Waals surface area contributed by atoms with Crippen molar-refractivity contribution in [2.24, 2.45) is 4.36 Å². The van der Waals surface area contributed by atoms with Gasteiger partial charge in [-0.3, -0.25) is 9.78 Å². The smallest absolute Gasteiger partial charge is 0.153 e. The highest BCUT2D eigenvalue weighted by Gasteiger charge is 2.14. The van der Waals surface area contributed by atoms with Crippen molar-refractivity contribution in [2.45, 2.75) is 33.7 Å². The van der Waals surface area contributed by atoms with Crippen LogP contribution in [-0.2, 0) is 34.3 Å². The molecule has 0 unspecified atom stereocenters. The predicted octanol–water partition coefficient (Wildman–Crippen LogP) is 7.49. The van der Waals surface area contributed by atoms with Gasteiger partial charge in [-0.1, -0.05) is 48.0 Å². The van der Waals surface area contributed by atoms with Gasteiger partial charge in [0.2, 0.25) is 0 Å². The second-order valence-corrected chi connectivity index (χ2v) is 12.9. The number of halogens is 1. The number of carbonyl (C=O) groups excluding carboxylic acids is 1. The van der Waals surface area contributed by atoms with Crippen molar-refractivity contribution in [2.75, 3.05) is 19.6 Å². The minimum Gasteiger partial charge on any atom is -0.488 e. The molecule has 0 aliphatic carbocycles. The number of nitrogens with zero attached hydrogens (tertiary/aromatic N) is 2. The number of hydrogen-bond acceptors (Lipinski definition) is 7. The number of methoxy groups -OCH3 is 1. The van der Waals surface area contributed by atoms with Crippen molar-refractivity contribution >= 4 is 33.3 Å². The van der Waals surface area contributed by atoms with Gasteiger partial charge in [0.05, 0.1) is 29.1 Å². The van der Waals surface area contributed by atoms with E-state index in [9.17, 15) is 9.00 Å². The Morgan fingerprint density at radius 1 is 0.878 bits per heavy atom. The molecule has 4 aromatic rings. The molecule has 0 N–H and O–H groups in total. The highest BCUT2D eigenvalue weighted by atomic mass is 35.5. The molecule has 0 saturated heterocycles. The molecular weight excluding hydrogens is 560 g/mol. The lowest BCUT2D eigenvalue weighted by molar-refractivity contribution is 0.111. The van der Waals surface area contributed by atoms with Crippen LogP contribution in [0.1, 0.15) is 38.2 Å². The third kappa shape index (κ3) is 7.73. The van der Waals surface area contributed by atoms with E-state index in [2.05, 4.69) is 41.4 Å². The van der Waals surface area contributed by atoms with E-state index in [0.717, 1.165) is 27.8 Å². The Balaban J connectivity index is 1.55. The largest absolute Gasteiger partial charge is 0.488 e. The average Bonchev–Trinajstić information content (AvgIpc) is 2.93. The van der Waals surface area contributed by atoms with Gasteiger partial charge in [0, 0.05) is 47.2 Å². The van der Waals surface area contributed by atoms with Gasteiger partial charge in [0.1, 0.15) is 24.7 Å². The van der Waals surface area contributed by atoms with Crippen LogP contribution in [0.4, 0.5) is 5.69 Å². The zero-order valence-corrected chi connectivity index (χ0v) is 25.3. The number of aldehydes is 1. The average molecular weight is 593 g/mol. The van der Waals surface area contributed by atoms with Crippen LogP contribution in [0.5, 0.6) is 11.5 Å². The maximum Gasteiger partial charge on any atom is 0.153 e. The van der Waals surface area contributed by atoms with E-state index in [-0.39, 0.29) is 13.2 Å². The topological polar surface area (TPSA) is 87.1 Å². The first-order chi connectivity index (χ1) is 19.6. The summed E-state index contributed by atoms with van der Waals surface area (Å²) in [5.74, 6) is 0.724. The Morgan fingerprint density at radius 3 is 2.12 bits per heavy atom. The standard InChI is InChI=1S/C32H33ClN2O5S/c1-21-24(19-38-3)8-6-10-28(21)29-11-7-9-25(22(29)2)20-40-32-14-31(26(17-36)13-30(32)33)39-18-23-12-27(16-34-15-23)35-41(4,5)37/h6-17H,18-20H2,1-5H3. The molecule has 0 aliphatic heterocycles. The second kappa shape index (κ2) is 13.3. The molecule has 1 aromatic heterocycles. The number of aromatic nitrogens is 1. The van der Waals surface area contributed by atoms with E-state index < -0.39 is 9.73 Å². The molecule has 0 atom stereocenters. The highest BCUT2D eigenvalue weighted by Crippen LogP contribution is 2.35. The summed E-state index contributed by atoms with van der Waals surface area (Å²) in [5.41, 5.74) is 8.20. The van der Waals surface area contributed by atoms with Gasteiger partial charge in [-0.2, -0.15) is 4.36 Å². The summed E-state index contributed by atoms with van der Waals surface area (Å²) in [4.78, 5) is 15.9. The lowest BCUT2D eigenvalue weighted by Gasteiger charge is -2.17. The van der Waals surface area contributed by atoms with Gasteiger partial charge in [-0.05, 0) is 59.4 Å². The molecule has 0 radical (unpaired) electrons. The molecule has 41 heavy (non-hydrogen) atoms. The molecule has 0 bridgehead atoms. The molecule has 214 valence electrons. The fraction of sp³-hybridized carbons (Fsp3) is 0.250. The van der Waals surface area contributed by atoms with Crippen molar-refractivity contribution in [1.29, 1.82) is 0 Å². The Morgan fingerprint density at radius 2 is 1.51 bits per heavy atom. The minimum absolute atomic E-state index is 0.121. The van der Waals surface area contributed by atoms with Crippen LogP contribution in [0.15, 0.2) is 71.4 Å². The van der Waals surface area contributed by atoms with Gasteiger partial charge < -0.3 is 14.2 Å². The minimum atomic E-state index is -2.33. The van der Waals surface area contributed by atoms with E-state index in [1.807, 2.05) is 18.2 Å². The lowest BCUT2D eigenvalue weighted by Crippen LogP contribution is -2.03. The Kier molecular flexibility index (Phi) is 9.81. The number of hydrogen-bond donors (Lipinski definition) is 0. The zero-order valence-electron chi connectivity index (χ0n) is 23.8. The van der Waals surface area contributed by atoms with Crippen molar-refractivity contribution in [3.8, 4) is 22.6 Å². The maximum absolute atomic E-state index is 12.0. The van der Waals surface area contributed by atoms with E-state index in [4.69, 9.17) is 25.8 Å². The predicted molar refractivity (Wildman–Crippen MR) is 164 cm³/mol. The number of carbonyl (C=O) groups is 1. The summed E-state index contributed by atoms with van der Waals surface area (Å²) in [7, 11) is -0.632. The van der Waals surface area contributed by atoms with Crippen molar-refractivity contribution in [1.82, 2.24) is 4.98 Å².